The van der Waals surface area contributed by atoms with Crippen LogP contribution in [0.4, 0.5) is 5.69 Å². The van der Waals surface area contributed by atoms with Gasteiger partial charge in [0.15, 0.2) is 0 Å². The quantitative estimate of drug-likeness (QED) is 0.504. The number of methoxy groups -OCH3 is 1. The van der Waals surface area contributed by atoms with Crippen LogP contribution in [-0.2, 0) is 14.8 Å². The average molecular weight is 416 g/mol. The minimum atomic E-state index is -3.83. The number of nitrogens with zero attached hydrogens (tertiary/aromatic N) is 1. The summed E-state index contributed by atoms with van der Waals surface area (Å²) >= 11 is 0. The number of benzene rings is 2. The number of rotatable bonds is 7. The lowest BCUT2D eigenvalue weighted by molar-refractivity contribution is 0.0432. The van der Waals surface area contributed by atoms with Crippen LogP contribution in [0.3, 0.4) is 0 Å². The Hall–Kier alpha value is -2.80. The van der Waals surface area contributed by atoms with E-state index in [4.69, 9.17) is 9.47 Å². The number of hydrogen-bond donors (Lipinski definition) is 0. The lowest BCUT2D eigenvalue weighted by Gasteiger charge is -2.20. The molecule has 7 heteroatoms. The molecule has 154 valence electrons. The van der Waals surface area contributed by atoms with E-state index in [1.807, 2.05) is 0 Å². The summed E-state index contributed by atoms with van der Waals surface area (Å²) in [6.45, 7) is 0.339. The largest absolute Gasteiger partial charge is 0.497 e. The van der Waals surface area contributed by atoms with Crippen molar-refractivity contribution in [2.75, 3.05) is 25.1 Å². The van der Waals surface area contributed by atoms with Gasteiger partial charge in [-0.25, -0.2) is 13.2 Å². The highest BCUT2D eigenvalue weighted by Crippen LogP contribution is 2.25. The summed E-state index contributed by atoms with van der Waals surface area (Å²) in [7, 11) is -0.810. The molecular weight excluding hydrogens is 390 g/mol. The lowest BCUT2D eigenvalue weighted by atomic mass is 9.95. The van der Waals surface area contributed by atoms with Crippen molar-refractivity contribution < 1.29 is 22.7 Å². The van der Waals surface area contributed by atoms with E-state index >= 15 is 0 Å². The molecule has 0 heterocycles. The molecule has 2 aromatic carbocycles. The number of sulfonamides is 1. The molecule has 1 aliphatic rings. The molecular formula is C22H25NO5S. The van der Waals surface area contributed by atoms with Gasteiger partial charge in [-0.1, -0.05) is 18.2 Å². The van der Waals surface area contributed by atoms with Crippen molar-refractivity contribution in [2.24, 2.45) is 5.92 Å². The molecule has 0 bridgehead atoms. The third kappa shape index (κ3) is 4.98. The van der Waals surface area contributed by atoms with Crippen LogP contribution in [0.15, 0.2) is 65.6 Å². The van der Waals surface area contributed by atoms with Crippen molar-refractivity contribution in [1.82, 2.24) is 0 Å². The number of carbonyl (C=O) groups is 1. The van der Waals surface area contributed by atoms with E-state index in [-0.39, 0.29) is 10.5 Å². The molecule has 0 aliphatic heterocycles. The predicted octanol–water partition coefficient (Wildman–Crippen LogP) is 4.03. The third-order valence-corrected chi connectivity index (χ3v) is 6.77. The summed E-state index contributed by atoms with van der Waals surface area (Å²) in [5.74, 6) is 0.443. The molecule has 0 fully saturated rings. The van der Waals surface area contributed by atoms with Crippen molar-refractivity contribution in [3.05, 3.63) is 66.2 Å². The van der Waals surface area contributed by atoms with Crippen molar-refractivity contribution in [3.8, 4) is 5.75 Å². The molecule has 2 aromatic rings. The van der Waals surface area contributed by atoms with E-state index in [0.29, 0.717) is 24.0 Å². The Kier molecular flexibility index (Phi) is 6.59. The molecule has 0 spiro atoms. The Morgan fingerprint density at radius 1 is 1.14 bits per heavy atom. The van der Waals surface area contributed by atoms with Gasteiger partial charge in [-0.2, -0.15) is 0 Å². The van der Waals surface area contributed by atoms with E-state index in [9.17, 15) is 13.2 Å². The minimum absolute atomic E-state index is 0.0332. The zero-order valence-electron chi connectivity index (χ0n) is 16.6. The number of esters is 1. The Labute approximate surface area is 171 Å². The fourth-order valence-corrected chi connectivity index (χ4v) is 4.40. The third-order valence-electron chi connectivity index (χ3n) is 4.99. The predicted molar refractivity (Wildman–Crippen MR) is 112 cm³/mol. The monoisotopic (exact) mass is 415 g/mol. The average Bonchev–Trinajstić information content (AvgIpc) is 2.77. The van der Waals surface area contributed by atoms with Crippen LogP contribution < -0.4 is 9.04 Å². The van der Waals surface area contributed by atoms with E-state index < -0.39 is 16.0 Å². The second-order valence-corrected chi connectivity index (χ2v) is 8.92. The van der Waals surface area contributed by atoms with Gasteiger partial charge in [0.05, 0.1) is 29.9 Å². The van der Waals surface area contributed by atoms with Gasteiger partial charge < -0.3 is 9.47 Å². The van der Waals surface area contributed by atoms with Crippen LogP contribution in [0.25, 0.3) is 0 Å². The lowest BCUT2D eigenvalue weighted by Crippen LogP contribution is -2.26. The Morgan fingerprint density at radius 2 is 1.90 bits per heavy atom. The van der Waals surface area contributed by atoms with Crippen LogP contribution in [0.2, 0.25) is 0 Å². The van der Waals surface area contributed by atoms with E-state index in [1.54, 1.807) is 43.5 Å². The van der Waals surface area contributed by atoms with Gasteiger partial charge in [0.25, 0.3) is 10.0 Å². The zero-order chi connectivity index (χ0) is 20.9. The maximum Gasteiger partial charge on any atom is 0.338 e. The van der Waals surface area contributed by atoms with Crippen LogP contribution in [0.5, 0.6) is 5.75 Å². The number of allylic oxidation sites excluding steroid dienone is 2. The molecule has 0 saturated carbocycles. The van der Waals surface area contributed by atoms with E-state index in [2.05, 4.69) is 12.2 Å². The first-order chi connectivity index (χ1) is 13.9. The molecule has 3 rings (SSSR count). The first kappa shape index (κ1) is 20.9. The highest BCUT2D eigenvalue weighted by atomic mass is 32.2. The van der Waals surface area contributed by atoms with E-state index in [1.165, 1.54) is 23.5 Å². The molecule has 1 unspecified atom stereocenters. The van der Waals surface area contributed by atoms with Gasteiger partial charge in [0.2, 0.25) is 0 Å². The molecule has 0 amide bonds. The second kappa shape index (κ2) is 9.13. The summed E-state index contributed by atoms with van der Waals surface area (Å²) in [5.41, 5.74) is 0.713. The van der Waals surface area contributed by atoms with Crippen molar-refractivity contribution >= 4 is 21.7 Å². The SMILES string of the molecule is COc1ccc(N(C)S(=O)(=O)c2cccc(C(=O)OCC3CC=CCC3)c2)cc1. The first-order valence-corrected chi connectivity index (χ1v) is 10.9. The van der Waals surface area contributed by atoms with Gasteiger partial charge in [-0.15, -0.1) is 0 Å². The first-order valence-electron chi connectivity index (χ1n) is 9.47. The van der Waals surface area contributed by atoms with Gasteiger partial charge in [0.1, 0.15) is 5.75 Å². The van der Waals surface area contributed by atoms with Crippen LogP contribution in [0.1, 0.15) is 29.6 Å². The molecule has 0 saturated heterocycles. The highest BCUT2D eigenvalue weighted by molar-refractivity contribution is 7.92. The smallest absolute Gasteiger partial charge is 0.338 e. The molecule has 0 aromatic heterocycles. The molecule has 6 nitrogen and oxygen atoms in total. The summed E-state index contributed by atoms with van der Waals surface area (Å²) in [6, 6.07) is 12.6. The molecule has 0 N–H and O–H groups in total. The summed E-state index contributed by atoms with van der Waals surface area (Å²) in [5, 5.41) is 0. The molecule has 1 aliphatic carbocycles. The number of anilines is 1. The standard InChI is InChI=1S/C22H25NO5S/c1-23(19-11-13-20(27-2)14-12-19)29(25,26)21-10-6-9-18(15-21)22(24)28-16-17-7-4-3-5-8-17/h3-4,6,9-15,17H,5,7-8,16H2,1-2H3. The van der Waals surface area contributed by atoms with Gasteiger partial charge in [-0.3, -0.25) is 4.31 Å². The number of carbonyl (C=O) groups excluding carboxylic acids is 1. The van der Waals surface area contributed by atoms with Gasteiger partial charge in [0, 0.05) is 7.05 Å². The molecule has 29 heavy (non-hydrogen) atoms. The van der Waals surface area contributed by atoms with Crippen LogP contribution in [0, 0.1) is 5.92 Å². The zero-order valence-corrected chi connectivity index (χ0v) is 17.4. The Balaban J connectivity index is 1.74. The minimum Gasteiger partial charge on any atom is -0.497 e. The summed E-state index contributed by atoms with van der Waals surface area (Å²) in [4.78, 5) is 12.4. The van der Waals surface area contributed by atoms with E-state index in [0.717, 1.165) is 19.3 Å². The van der Waals surface area contributed by atoms with Gasteiger partial charge in [-0.05, 0) is 67.6 Å². The maximum absolute atomic E-state index is 13.0. The number of ether oxygens (including phenoxy) is 2. The van der Waals surface area contributed by atoms with Crippen LogP contribution in [-0.4, -0.2) is 35.2 Å². The maximum atomic E-state index is 13.0. The summed E-state index contributed by atoms with van der Waals surface area (Å²) in [6.07, 6.45) is 7.11. The fraction of sp³-hybridized carbons (Fsp3) is 0.318. The Morgan fingerprint density at radius 3 is 2.55 bits per heavy atom. The second-order valence-electron chi connectivity index (χ2n) is 6.95. The van der Waals surface area contributed by atoms with Crippen molar-refractivity contribution in [3.63, 3.8) is 0 Å². The van der Waals surface area contributed by atoms with Gasteiger partial charge >= 0.3 is 5.97 Å². The summed E-state index contributed by atoms with van der Waals surface area (Å²) < 4.78 is 37.7. The number of hydrogen-bond acceptors (Lipinski definition) is 5. The Bertz CT molecular complexity index is 983. The van der Waals surface area contributed by atoms with Crippen molar-refractivity contribution in [2.45, 2.75) is 24.2 Å². The topological polar surface area (TPSA) is 72.9 Å². The van der Waals surface area contributed by atoms with Crippen molar-refractivity contribution in [1.29, 1.82) is 0 Å². The highest BCUT2D eigenvalue weighted by Gasteiger charge is 2.23. The molecule has 0 radical (unpaired) electrons. The normalized spacial score (nSPS) is 16.3. The molecule has 1 atom stereocenters. The van der Waals surface area contributed by atoms with Crippen LogP contribution >= 0.6 is 0 Å². The fourth-order valence-electron chi connectivity index (χ4n) is 3.16.